The summed E-state index contributed by atoms with van der Waals surface area (Å²) in [4.78, 5) is 26.1. The summed E-state index contributed by atoms with van der Waals surface area (Å²) in [6.45, 7) is 0.675. The minimum atomic E-state index is -3.86. The highest BCUT2D eigenvalue weighted by Gasteiger charge is 2.37. The molecule has 1 fully saturated rings. The molecule has 0 heterocycles. The average molecular weight is 584 g/mol. The van der Waals surface area contributed by atoms with Crippen molar-refractivity contribution < 1.29 is 22.7 Å². The number of carbonyl (C=O) groups is 2. The molecule has 2 unspecified atom stereocenters. The summed E-state index contributed by atoms with van der Waals surface area (Å²) in [6.07, 6.45) is 2.16. The molecule has 216 valence electrons. The second-order valence-corrected chi connectivity index (χ2v) is 11.9. The van der Waals surface area contributed by atoms with Crippen LogP contribution < -0.4 is 20.5 Å². The van der Waals surface area contributed by atoms with E-state index in [2.05, 4.69) is 10.6 Å². The Kier molecular flexibility index (Phi) is 9.00. The van der Waals surface area contributed by atoms with Crippen molar-refractivity contribution in [2.75, 3.05) is 0 Å². The lowest BCUT2D eigenvalue weighted by Gasteiger charge is -2.19. The van der Waals surface area contributed by atoms with Crippen LogP contribution in [0, 0.1) is 11.8 Å². The molecule has 0 saturated heterocycles. The van der Waals surface area contributed by atoms with Gasteiger partial charge >= 0.3 is 0 Å². The van der Waals surface area contributed by atoms with Crippen molar-refractivity contribution in [3.05, 3.63) is 114 Å². The highest BCUT2D eigenvalue weighted by Crippen LogP contribution is 2.32. The fourth-order valence-electron chi connectivity index (χ4n) is 5.28. The first-order chi connectivity index (χ1) is 20.3. The van der Waals surface area contributed by atoms with Crippen LogP contribution >= 0.6 is 0 Å². The first-order valence-corrected chi connectivity index (χ1v) is 15.4. The molecular weight excluding hydrogens is 550 g/mol. The predicted molar refractivity (Wildman–Crippen MR) is 161 cm³/mol. The first kappa shape index (κ1) is 29.0. The number of rotatable bonds is 10. The molecule has 5 rings (SSSR count). The Morgan fingerprint density at radius 2 is 1.19 bits per heavy atom. The fraction of sp³-hybridized carbons (Fsp3) is 0.212. The van der Waals surface area contributed by atoms with Gasteiger partial charge in [-0.1, -0.05) is 79.2 Å². The average Bonchev–Trinajstić information content (AvgIpc) is 3.50. The molecule has 0 radical (unpaired) electrons. The van der Waals surface area contributed by atoms with Gasteiger partial charge in [-0.25, -0.2) is 13.6 Å². The van der Waals surface area contributed by atoms with E-state index in [-0.39, 0.29) is 28.5 Å². The largest absolute Gasteiger partial charge is 0.457 e. The Hall–Kier alpha value is -4.47. The number of sulfonamides is 1. The Balaban J connectivity index is 1.12. The molecule has 42 heavy (non-hydrogen) atoms. The summed E-state index contributed by atoms with van der Waals surface area (Å²) >= 11 is 0. The molecule has 2 atom stereocenters. The third kappa shape index (κ3) is 7.23. The number of nitrogens with one attached hydrogen (secondary N) is 2. The van der Waals surface area contributed by atoms with Crippen LogP contribution in [0.1, 0.15) is 30.4 Å². The summed E-state index contributed by atoms with van der Waals surface area (Å²) < 4.78 is 29.7. The van der Waals surface area contributed by atoms with Gasteiger partial charge in [0.05, 0.1) is 4.90 Å². The number of carbonyl (C=O) groups excluding carboxylic acids is 2. The Morgan fingerprint density at radius 3 is 1.76 bits per heavy atom. The van der Waals surface area contributed by atoms with Crippen molar-refractivity contribution >= 4 is 21.8 Å². The lowest BCUT2D eigenvalue weighted by molar-refractivity contribution is -0.133. The molecule has 0 bridgehead atoms. The summed E-state index contributed by atoms with van der Waals surface area (Å²) in [5, 5.41) is 11.3. The minimum Gasteiger partial charge on any atom is -0.457 e. The van der Waals surface area contributed by atoms with Crippen LogP contribution in [0.25, 0.3) is 11.1 Å². The second-order valence-electron chi connectivity index (χ2n) is 10.4. The van der Waals surface area contributed by atoms with E-state index in [9.17, 15) is 18.0 Å². The van der Waals surface area contributed by atoms with Crippen molar-refractivity contribution in [3.63, 3.8) is 0 Å². The highest BCUT2D eigenvalue weighted by molar-refractivity contribution is 7.89. The summed E-state index contributed by atoms with van der Waals surface area (Å²) in [6, 6.07) is 30.9. The van der Waals surface area contributed by atoms with Crippen molar-refractivity contribution in [1.82, 2.24) is 10.6 Å². The van der Waals surface area contributed by atoms with Gasteiger partial charge in [0.2, 0.25) is 21.8 Å². The molecule has 9 heteroatoms. The van der Waals surface area contributed by atoms with Crippen LogP contribution in [0.5, 0.6) is 11.5 Å². The van der Waals surface area contributed by atoms with E-state index in [0.29, 0.717) is 42.8 Å². The SMILES string of the molecule is NS(=O)(=O)c1ccccc1-c1ccc(CNC(=O)C2CCCC2C(=O)NCc2ccc(Oc3ccccc3)cc2)cc1. The van der Waals surface area contributed by atoms with E-state index in [1.807, 2.05) is 66.7 Å². The molecule has 8 nitrogen and oxygen atoms in total. The van der Waals surface area contributed by atoms with Gasteiger partial charge in [0.15, 0.2) is 0 Å². The van der Waals surface area contributed by atoms with Crippen LogP contribution in [-0.2, 0) is 32.7 Å². The molecule has 1 aliphatic rings. The van der Waals surface area contributed by atoms with Gasteiger partial charge in [-0.05, 0) is 59.9 Å². The van der Waals surface area contributed by atoms with Gasteiger partial charge in [0.25, 0.3) is 0 Å². The van der Waals surface area contributed by atoms with Crippen molar-refractivity contribution in [2.24, 2.45) is 17.0 Å². The lowest BCUT2D eigenvalue weighted by Crippen LogP contribution is -2.39. The molecule has 0 aromatic heterocycles. The van der Waals surface area contributed by atoms with E-state index in [1.165, 1.54) is 6.07 Å². The van der Waals surface area contributed by atoms with Crippen molar-refractivity contribution in [3.8, 4) is 22.6 Å². The van der Waals surface area contributed by atoms with E-state index in [1.54, 1.807) is 30.3 Å². The molecule has 0 aliphatic heterocycles. The van der Waals surface area contributed by atoms with E-state index in [4.69, 9.17) is 9.88 Å². The second kappa shape index (κ2) is 13.0. The molecule has 2 amide bonds. The maximum absolute atomic E-state index is 13.1. The summed E-state index contributed by atoms with van der Waals surface area (Å²) in [5.74, 6) is 0.461. The van der Waals surface area contributed by atoms with E-state index >= 15 is 0 Å². The van der Waals surface area contributed by atoms with E-state index < -0.39 is 10.0 Å². The zero-order valence-electron chi connectivity index (χ0n) is 23.0. The van der Waals surface area contributed by atoms with Crippen LogP contribution in [0.4, 0.5) is 0 Å². The van der Waals surface area contributed by atoms with Gasteiger partial charge in [0.1, 0.15) is 11.5 Å². The third-order valence-electron chi connectivity index (χ3n) is 7.48. The number of hydrogen-bond donors (Lipinski definition) is 3. The number of hydrogen-bond acceptors (Lipinski definition) is 5. The van der Waals surface area contributed by atoms with Gasteiger partial charge in [-0.15, -0.1) is 0 Å². The maximum atomic E-state index is 13.1. The third-order valence-corrected chi connectivity index (χ3v) is 8.45. The number of primary sulfonamides is 1. The quantitative estimate of drug-likeness (QED) is 0.238. The number of para-hydroxylation sites is 1. The van der Waals surface area contributed by atoms with Gasteiger partial charge in [0, 0.05) is 30.5 Å². The number of nitrogens with two attached hydrogens (primary N) is 1. The minimum absolute atomic E-state index is 0.0608. The van der Waals surface area contributed by atoms with Gasteiger partial charge in [-0.2, -0.15) is 0 Å². The zero-order chi connectivity index (χ0) is 29.5. The van der Waals surface area contributed by atoms with Crippen molar-refractivity contribution in [2.45, 2.75) is 37.2 Å². The lowest BCUT2D eigenvalue weighted by atomic mass is 9.94. The topological polar surface area (TPSA) is 128 Å². The molecular formula is C33H33N3O5S. The maximum Gasteiger partial charge on any atom is 0.238 e. The molecule has 0 spiro atoms. The standard InChI is InChI=1S/C33H33N3O5S/c34-42(39,40)31-12-5-4-9-28(31)25-17-13-23(14-18-25)21-35-32(37)29-10-6-11-30(29)33(38)36-22-24-15-19-27(20-16-24)41-26-7-2-1-3-8-26/h1-5,7-9,12-20,29-30H,6,10-11,21-22H2,(H,35,37)(H,36,38)(H2,34,39,40). The number of amides is 2. The van der Waals surface area contributed by atoms with Crippen LogP contribution in [-0.4, -0.2) is 20.2 Å². The Bertz CT molecular complexity index is 1640. The zero-order valence-corrected chi connectivity index (χ0v) is 23.8. The monoisotopic (exact) mass is 583 g/mol. The molecule has 4 N–H and O–H groups in total. The summed E-state index contributed by atoms with van der Waals surface area (Å²) in [5.41, 5.74) is 3.03. The van der Waals surface area contributed by atoms with Gasteiger partial charge < -0.3 is 15.4 Å². The highest BCUT2D eigenvalue weighted by atomic mass is 32.2. The number of benzene rings is 4. The molecule has 1 aliphatic carbocycles. The summed E-state index contributed by atoms with van der Waals surface area (Å²) in [7, 11) is -3.86. The smallest absolute Gasteiger partial charge is 0.238 e. The van der Waals surface area contributed by atoms with Crippen molar-refractivity contribution in [1.29, 1.82) is 0 Å². The van der Waals surface area contributed by atoms with E-state index in [0.717, 1.165) is 23.3 Å². The van der Waals surface area contributed by atoms with Gasteiger partial charge in [-0.3, -0.25) is 9.59 Å². The molecule has 4 aromatic carbocycles. The normalized spacial score (nSPS) is 16.5. The molecule has 4 aromatic rings. The molecule has 1 saturated carbocycles. The van der Waals surface area contributed by atoms with Crippen LogP contribution in [0.3, 0.4) is 0 Å². The Morgan fingerprint density at radius 1 is 0.690 bits per heavy atom. The van der Waals surface area contributed by atoms with Crippen LogP contribution in [0.2, 0.25) is 0 Å². The van der Waals surface area contributed by atoms with Crippen LogP contribution in [0.15, 0.2) is 108 Å². The first-order valence-electron chi connectivity index (χ1n) is 13.9. The number of ether oxygens (including phenoxy) is 1. The predicted octanol–water partition coefficient (Wildman–Crippen LogP) is 5.14. The Labute approximate surface area is 246 Å². The fourth-order valence-corrected chi connectivity index (χ4v) is 6.04.